The third-order valence-corrected chi connectivity index (χ3v) is 5.28. The van der Waals surface area contributed by atoms with Crippen molar-refractivity contribution in [2.24, 2.45) is 0 Å². The molecule has 1 heterocycles. The summed E-state index contributed by atoms with van der Waals surface area (Å²) in [5.41, 5.74) is 1.21. The Morgan fingerprint density at radius 3 is 2.59 bits per heavy atom. The SMILES string of the molecule is CCCCNC(=O)NC(=O)COC(=O)c1c(NC(C)=O)sc2c1CCCC2. The van der Waals surface area contributed by atoms with Crippen molar-refractivity contribution >= 4 is 40.2 Å². The highest BCUT2D eigenvalue weighted by Gasteiger charge is 2.27. The number of hydrogen-bond donors (Lipinski definition) is 3. The molecule has 2 rings (SSSR count). The first-order valence-electron chi connectivity index (χ1n) is 9.09. The van der Waals surface area contributed by atoms with Crippen molar-refractivity contribution in [3.05, 3.63) is 16.0 Å². The lowest BCUT2D eigenvalue weighted by Crippen LogP contribution is -2.41. The van der Waals surface area contributed by atoms with Gasteiger partial charge in [0.25, 0.3) is 5.91 Å². The number of aryl methyl sites for hydroxylation is 1. The van der Waals surface area contributed by atoms with Gasteiger partial charge in [-0.25, -0.2) is 9.59 Å². The van der Waals surface area contributed by atoms with Crippen molar-refractivity contribution in [2.45, 2.75) is 52.4 Å². The fraction of sp³-hybridized carbons (Fsp3) is 0.556. The Morgan fingerprint density at radius 1 is 1.15 bits per heavy atom. The summed E-state index contributed by atoms with van der Waals surface area (Å²) >= 11 is 1.38. The van der Waals surface area contributed by atoms with E-state index in [-0.39, 0.29) is 5.91 Å². The predicted molar refractivity (Wildman–Crippen MR) is 102 cm³/mol. The standard InChI is InChI=1S/C18H25N3O5S/c1-3-4-9-19-18(25)21-14(23)10-26-17(24)15-12-7-5-6-8-13(12)27-16(15)20-11(2)22/h3-10H2,1-2H3,(H,20,22)(H2,19,21,23,25). The van der Waals surface area contributed by atoms with Crippen LogP contribution in [0.25, 0.3) is 0 Å². The maximum atomic E-state index is 12.5. The topological polar surface area (TPSA) is 114 Å². The Bertz CT molecular complexity index is 729. The van der Waals surface area contributed by atoms with Crippen molar-refractivity contribution in [1.29, 1.82) is 0 Å². The first-order chi connectivity index (χ1) is 12.9. The molecule has 4 amide bonds. The third-order valence-electron chi connectivity index (χ3n) is 4.07. The van der Waals surface area contributed by atoms with E-state index in [0.717, 1.165) is 49.0 Å². The van der Waals surface area contributed by atoms with Crippen LogP contribution in [0, 0.1) is 0 Å². The van der Waals surface area contributed by atoms with E-state index in [4.69, 9.17) is 4.74 Å². The zero-order valence-corrected chi connectivity index (χ0v) is 16.4. The second-order valence-electron chi connectivity index (χ2n) is 6.33. The van der Waals surface area contributed by atoms with Gasteiger partial charge in [-0.1, -0.05) is 13.3 Å². The summed E-state index contributed by atoms with van der Waals surface area (Å²) in [6.07, 6.45) is 5.33. The first-order valence-corrected chi connectivity index (χ1v) is 9.91. The number of unbranched alkanes of at least 4 members (excludes halogenated alkanes) is 1. The van der Waals surface area contributed by atoms with Crippen LogP contribution in [0.15, 0.2) is 0 Å². The van der Waals surface area contributed by atoms with Crippen LogP contribution < -0.4 is 16.0 Å². The number of ether oxygens (including phenoxy) is 1. The number of nitrogens with one attached hydrogen (secondary N) is 3. The van der Waals surface area contributed by atoms with Gasteiger partial charge in [0.15, 0.2) is 6.61 Å². The molecule has 0 unspecified atom stereocenters. The third kappa shape index (κ3) is 6.06. The van der Waals surface area contributed by atoms with Gasteiger partial charge >= 0.3 is 12.0 Å². The van der Waals surface area contributed by atoms with E-state index < -0.39 is 24.5 Å². The minimum Gasteiger partial charge on any atom is -0.452 e. The number of urea groups is 1. The van der Waals surface area contributed by atoms with Crippen LogP contribution in [0.3, 0.4) is 0 Å². The van der Waals surface area contributed by atoms with E-state index in [2.05, 4.69) is 16.0 Å². The summed E-state index contributed by atoms with van der Waals surface area (Å²) in [5.74, 6) is -1.65. The van der Waals surface area contributed by atoms with Crippen molar-refractivity contribution in [3.63, 3.8) is 0 Å². The molecule has 0 atom stereocenters. The molecule has 0 aromatic carbocycles. The lowest BCUT2D eigenvalue weighted by atomic mass is 9.95. The molecule has 0 fully saturated rings. The van der Waals surface area contributed by atoms with Gasteiger partial charge in [0, 0.05) is 18.3 Å². The maximum absolute atomic E-state index is 12.5. The van der Waals surface area contributed by atoms with Crippen molar-refractivity contribution < 1.29 is 23.9 Å². The second-order valence-corrected chi connectivity index (χ2v) is 7.44. The molecule has 0 saturated heterocycles. The summed E-state index contributed by atoms with van der Waals surface area (Å²) < 4.78 is 5.09. The van der Waals surface area contributed by atoms with Gasteiger partial charge in [0.1, 0.15) is 5.00 Å². The van der Waals surface area contributed by atoms with E-state index in [9.17, 15) is 19.2 Å². The first kappa shape index (κ1) is 20.9. The lowest BCUT2D eigenvalue weighted by molar-refractivity contribution is -0.123. The van der Waals surface area contributed by atoms with E-state index in [0.29, 0.717) is 17.1 Å². The van der Waals surface area contributed by atoms with Crippen LogP contribution in [-0.2, 0) is 27.2 Å². The highest BCUT2D eigenvalue weighted by Crippen LogP contribution is 2.38. The fourth-order valence-corrected chi connectivity index (χ4v) is 4.14. The average Bonchev–Trinajstić information content (AvgIpc) is 2.97. The Morgan fingerprint density at radius 2 is 1.89 bits per heavy atom. The number of imide groups is 1. The normalized spacial score (nSPS) is 12.7. The Kier molecular flexibility index (Phi) is 7.78. The molecule has 0 radical (unpaired) electrons. The molecule has 27 heavy (non-hydrogen) atoms. The molecule has 0 aliphatic heterocycles. The predicted octanol–water partition coefficient (Wildman–Crippen LogP) is 2.37. The molecule has 1 aromatic rings. The molecule has 0 bridgehead atoms. The summed E-state index contributed by atoms with van der Waals surface area (Å²) in [7, 11) is 0. The summed E-state index contributed by atoms with van der Waals surface area (Å²) in [6.45, 7) is 3.27. The van der Waals surface area contributed by atoms with Crippen LogP contribution in [0.4, 0.5) is 9.80 Å². The number of anilines is 1. The van der Waals surface area contributed by atoms with Crippen LogP contribution in [0.2, 0.25) is 0 Å². The molecule has 148 valence electrons. The minimum absolute atomic E-state index is 0.274. The van der Waals surface area contributed by atoms with Gasteiger partial charge in [-0.2, -0.15) is 0 Å². The number of fused-ring (bicyclic) bond motifs is 1. The zero-order chi connectivity index (χ0) is 19.8. The number of rotatable bonds is 7. The van der Waals surface area contributed by atoms with E-state index >= 15 is 0 Å². The number of hydrogen-bond acceptors (Lipinski definition) is 6. The largest absolute Gasteiger partial charge is 0.452 e. The van der Waals surface area contributed by atoms with Gasteiger partial charge in [-0.05, 0) is 37.7 Å². The van der Waals surface area contributed by atoms with Crippen LogP contribution >= 0.6 is 11.3 Å². The lowest BCUT2D eigenvalue weighted by Gasteiger charge is -2.12. The molecule has 1 aromatic heterocycles. The summed E-state index contributed by atoms with van der Waals surface area (Å²) in [5, 5.41) is 7.79. The van der Waals surface area contributed by atoms with Gasteiger partial charge < -0.3 is 15.4 Å². The fourth-order valence-electron chi connectivity index (χ4n) is 2.82. The summed E-state index contributed by atoms with van der Waals surface area (Å²) in [6, 6.07) is -0.614. The molecule has 0 saturated carbocycles. The molecule has 1 aliphatic rings. The van der Waals surface area contributed by atoms with Crippen LogP contribution in [0.1, 0.15) is 60.3 Å². The van der Waals surface area contributed by atoms with Gasteiger partial charge in [-0.15, -0.1) is 11.3 Å². The number of carbonyl (C=O) groups excluding carboxylic acids is 4. The summed E-state index contributed by atoms with van der Waals surface area (Å²) in [4.78, 5) is 48.4. The Labute approximate surface area is 162 Å². The van der Waals surface area contributed by atoms with E-state index in [1.807, 2.05) is 6.92 Å². The highest BCUT2D eigenvalue weighted by atomic mass is 32.1. The van der Waals surface area contributed by atoms with E-state index in [1.165, 1.54) is 18.3 Å². The smallest absolute Gasteiger partial charge is 0.341 e. The van der Waals surface area contributed by atoms with Crippen LogP contribution in [0.5, 0.6) is 0 Å². The molecular formula is C18H25N3O5S. The molecule has 0 spiro atoms. The molecular weight excluding hydrogens is 370 g/mol. The maximum Gasteiger partial charge on any atom is 0.341 e. The number of amides is 4. The molecule has 1 aliphatic carbocycles. The average molecular weight is 395 g/mol. The van der Waals surface area contributed by atoms with Gasteiger partial charge in [-0.3, -0.25) is 14.9 Å². The molecule has 8 nitrogen and oxygen atoms in total. The Balaban J connectivity index is 1.97. The van der Waals surface area contributed by atoms with E-state index in [1.54, 1.807) is 0 Å². The van der Waals surface area contributed by atoms with Crippen molar-refractivity contribution in [1.82, 2.24) is 10.6 Å². The quantitative estimate of drug-likeness (QED) is 0.484. The number of esters is 1. The molecule has 9 heteroatoms. The number of carbonyl (C=O) groups is 4. The van der Waals surface area contributed by atoms with Crippen molar-refractivity contribution in [2.75, 3.05) is 18.5 Å². The number of thiophene rings is 1. The van der Waals surface area contributed by atoms with Gasteiger partial charge in [0.2, 0.25) is 5.91 Å². The highest BCUT2D eigenvalue weighted by molar-refractivity contribution is 7.17. The van der Waals surface area contributed by atoms with Crippen LogP contribution in [-0.4, -0.2) is 37.0 Å². The Hall–Kier alpha value is -2.42. The monoisotopic (exact) mass is 395 g/mol. The van der Waals surface area contributed by atoms with Gasteiger partial charge in [0.05, 0.1) is 5.56 Å². The van der Waals surface area contributed by atoms with Crippen molar-refractivity contribution in [3.8, 4) is 0 Å². The molecule has 3 N–H and O–H groups in total. The zero-order valence-electron chi connectivity index (χ0n) is 15.6. The minimum atomic E-state index is -0.706. The second kappa shape index (κ2) is 10.1.